The molecular weight excluding hydrogens is 321 g/mol. The summed E-state index contributed by atoms with van der Waals surface area (Å²) in [5.41, 5.74) is 0.798. The summed E-state index contributed by atoms with van der Waals surface area (Å²) in [6.07, 6.45) is 0. The van der Waals surface area contributed by atoms with Crippen LogP contribution in [0.5, 0.6) is 0 Å². The van der Waals surface area contributed by atoms with Crippen molar-refractivity contribution in [1.82, 2.24) is 5.32 Å². The van der Waals surface area contributed by atoms with Gasteiger partial charge >= 0.3 is 0 Å². The number of carbonyl (C=O) groups is 2. The van der Waals surface area contributed by atoms with Crippen molar-refractivity contribution < 1.29 is 9.59 Å². The van der Waals surface area contributed by atoms with E-state index in [0.717, 1.165) is 5.56 Å². The van der Waals surface area contributed by atoms with Crippen LogP contribution in [0.1, 0.15) is 31.8 Å². The first-order valence-corrected chi connectivity index (χ1v) is 7.45. The number of hydrogen-bond donors (Lipinski definition) is 1. The van der Waals surface area contributed by atoms with Crippen LogP contribution in [0.25, 0.3) is 0 Å². The highest BCUT2D eigenvalue weighted by atomic mass is 35.5. The average Bonchev–Trinajstić information content (AvgIpc) is 2.57. The Morgan fingerprint density at radius 2 is 1.36 bits per heavy atom. The third-order valence-electron chi connectivity index (χ3n) is 3.43. The molecule has 0 amide bonds. The van der Waals surface area contributed by atoms with Gasteiger partial charge < -0.3 is 5.32 Å². The van der Waals surface area contributed by atoms with E-state index in [9.17, 15) is 9.59 Å². The summed E-state index contributed by atoms with van der Waals surface area (Å²) in [5, 5.41) is 2.71. The van der Waals surface area contributed by atoms with Crippen LogP contribution in [0.2, 0.25) is 0 Å². The van der Waals surface area contributed by atoms with Gasteiger partial charge in [-0.2, -0.15) is 0 Å². The summed E-state index contributed by atoms with van der Waals surface area (Å²) >= 11 is 12.4. The maximum absolute atomic E-state index is 12.5. The third kappa shape index (κ3) is 2.54. The second kappa shape index (κ2) is 5.95. The van der Waals surface area contributed by atoms with Crippen molar-refractivity contribution in [3.63, 3.8) is 0 Å². The number of benzene rings is 2. The molecule has 0 saturated heterocycles. The lowest BCUT2D eigenvalue weighted by atomic mass is 9.92. The summed E-state index contributed by atoms with van der Waals surface area (Å²) in [5.74, 6) is -0.710. The molecule has 2 aromatic rings. The molecule has 1 N–H and O–H groups in total. The van der Waals surface area contributed by atoms with E-state index >= 15 is 0 Å². The molecule has 1 aliphatic carbocycles. The van der Waals surface area contributed by atoms with E-state index in [1.54, 1.807) is 24.3 Å². The normalized spacial score (nSPS) is 15.5. The van der Waals surface area contributed by atoms with Crippen LogP contribution in [-0.2, 0) is 0 Å². The standard InChI is InChI=1S/C17H11Cl2NO2/c18-13-14(20-17(19)10-6-2-1-3-7-10)16(22)12-9-5-4-8-11(12)15(13)21/h1-9,17,20H/t17-/m0/s1. The number of alkyl halides is 1. The van der Waals surface area contributed by atoms with Crippen LogP contribution in [0, 0.1) is 0 Å². The molecule has 1 aliphatic rings. The molecule has 2 aromatic carbocycles. The fourth-order valence-electron chi connectivity index (χ4n) is 2.31. The Morgan fingerprint density at radius 3 is 2.00 bits per heavy atom. The zero-order chi connectivity index (χ0) is 15.7. The maximum atomic E-state index is 12.5. The van der Waals surface area contributed by atoms with Gasteiger partial charge in [-0.3, -0.25) is 9.59 Å². The molecule has 3 rings (SSSR count). The number of Topliss-reactive ketones (excluding diaryl/α,β-unsaturated/α-hetero) is 2. The largest absolute Gasteiger partial charge is 0.361 e. The van der Waals surface area contributed by atoms with Crippen LogP contribution in [0.4, 0.5) is 0 Å². The molecule has 5 heteroatoms. The van der Waals surface area contributed by atoms with E-state index in [4.69, 9.17) is 23.2 Å². The van der Waals surface area contributed by atoms with Crippen molar-refractivity contribution in [3.05, 3.63) is 82.0 Å². The first-order chi connectivity index (χ1) is 10.6. The SMILES string of the molecule is O=C1C(Cl)=C(N[C@H](Cl)c2ccccc2)C(=O)c2ccccc21. The number of allylic oxidation sites excluding steroid dienone is 2. The van der Waals surface area contributed by atoms with Gasteiger partial charge in [-0.25, -0.2) is 0 Å². The summed E-state index contributed by atoms with van der Waals surface area (Å²) in [6, 6.07) is 15.8. The second-order valence-corrected chi connectivity index (χ2v) is 5.62. The Morgan fingerprint density at radius 1 is 0.818 bits per heavy atom. The van der Waals surface area contributed by atoms with Gasteiger partial charge in [0.25, 0.3) is 0 Å². The maximum Gasteiger partial charge on any atom is 0.211 e. The van der Waals surface area contributed by atoms with Gasteiger partial charge in [-0.1, -0.05) is 77.8 Å². The van der Waals surface area contributed by atoms with Crippen LogP contribution < -0.4 is 5.32 Å². The molecule has 0 bridgehead atoms. The van der Waals surface area contributed by atoms with Crippen molar-refractivity contribution in [1.29, 1.82) is 0 Å². The molecule has 110 valence electrons. The van der Waals surface area contributed by atoms with E-state index in [-0.39, 0.29) is 22.3 Å². The number of ketones is 2. The zero-order valence-electron chi connectivity index (χ0n) is 11.3. The first-order valence-electron chi connectivity index (χ1n) is 6.63. The van der Waals surface area contributed by atoms with Crippen LogP contribution in [-0.4, -0.2) is 11.6 Å². The average molecular weight is 332 g/mol. The van der Waals surface area contributed by atoms with Crippen molar-refractivity contribution in [2.75, 3.05) is 0 Å². The highest BCUT2D eigenvalue weighted by Crippen LogP contribution is 2.29. The van der Waals surface area contributed by atoms with Crippen molar-refractivity contribution >= 4 is 34.8 Å². The fraction of sp³-hybridized carbons (Fsp3) is 0.0588. The van der Waals surface area contributed by atoms with Gasteiger partial charge in [0.15, 0.2) is 0 Å². The van der Waals surface area contributed by atoms with E-state index in [0.29, 0.717) is 11.1 Å². The number of hydrogen-bond acceptors (Lipinski definition) is 3. The predicted octanol–water partition coefficient (Wildman–Crippen LogP) is 4.04. The molecule has 22 heavy (non-hydrogen) atoms. The quantitative estimate of drug-likeness (QED) is 0.681. The summed E-state index contributed by atoms with van der Waals surface area (Å²) in [4.78, 5) is 24.8. The summed E-state index contributed by atoms with van der Waals surface area (Å²) in [7, 11) is 0. The monoisotopic (exact) mass is 331 g/mol. The number of halogens is 2. The lowest BCUT2D eigenvalue weighted by Gasteiger charge is -2.21. The van der Waals surface area contributed by atoms with Crippen molar-refractivity contribution in [2.24, 2.45) is 0 Å². The Labute approximate surface area is 137 Å². The van der Waals surface area contributed by atoms with Crippen molar-refractivity contribution in [3.8, 4) is 0 Å². The molecule has 3 nitrogen and oxygen atoms in total. The predicted molar refractivity (Wildman–Crippen MR) is 86.2 cm³/mol. The first kappa shape index (κ1) is 14.8. The number of fused-ring (bicyclic) bond motifs is 1. The summed E-state index contributed by atoms with van der Waals surface area (Å²) < 4.78 is 0. The Bertz CT molecular complexity index is 784. The number of nitrogens with one attached hydrogen (secondary N) is 1. The zero-order valence-corrected chi connectivity index (χ0v) is 12.9. The molecule has 1 atom stereocenters. The van der Waals surface area contributed by atoms with Gasteiger partial charge in [-0.05, 0) is 5.56 Å². The molecule has 0 spiro atoms. The lowest BCUT2D eigenvalue weighted by molar-refractivity contribution is 0.0974. The highest BCUT2D eigenvalue weighted by molar-refractivity contribution is 6.50. The molecular formula is C17H11Cl2NO2. The van der Waals surface area contributed by atoms with Gasteiger partial charge in [0.2, 0.25) is 11.6 Å². The van der Waals surface area contributed by atoms with E-state index < -0.39 is 5.50 Å². The Balaban J connectivity index is 1.96. The molecule has 0 unspecified atom stereocenters. The fourth-order valence-corrected chi connectivity index (χ4v) is 2.80. The molecule has 0 radical (unpaired) electrons. The molecule has 0 aliphatic heterocycles. The topological polar surface area (TPSA) is 46.2 Å². The second-order valence-electron chi connectivity index (χ2n) is 4.81. The van der Waals surface area contributed by atoms with Gasteiger partial charge in [0, 0.05) is 11.1 Å². The van der Waals surface area contributed by atoms with Gasteiger partial charge in [0.1, 0.15) is 16.2 Å². The summed E-state index contributed by atoms with van der Waals surface area (Å²) in [6.45, 7) is 0. The molecule has 0 saturated carbocycles. The Kier molecular flexibility index (Phi) is 4.01. The highest BCUT2D eigenvalue weighted by Gasteiger charge is 2.32. The van der Waals surface area contributed by atoms with E-state index in [2.05, 4.69) is 5.32 Å². The van der Waals surface area contributed by atoms with Gasteiger partial charge in [0.05, 0.1) is 0 Å². The van der Waals surface area contributed by atoms with E-state index in [1.165, 1.54) is 0 Å². The molecule has 0 heterocycles. The van der Waals surface area contributed by atoms with Crippen LogP contribution in [0.15, 0.2) is 65.3 Å². The molecule has 0 aromatic heterocycles. The van der Waals surface area contributed by atoms with Crippen molar-refractivity contribution in [2.45, 2.75) is 5.50 Å². The van der Waals surface area contributed by atoms with Crippen LogP contribution in [0.3, 0.4) is 0 Å². The lowest BCUT2D eigenvalue weighted by Crippen LogP contribution is -2.30. The number of carbonyl (C=O) groups excluding carboxylic acids is 2. The molecule has 0 fully saturated rings. The van der Waals surface area contributed by atoms with Gasteiger partial charge in [-0.15, -0.1) is 0 Å². The minimum Gasteiger partial charge on any atom is -0.361 e. The Hall–Kier alpha value is -2.10. The third-order valence-corrected chi connectivity index (χ3v) is 4.15. The minimum atomic E-state index is -0.660. The minimum absolute atomic E-state index is 0.0363. The smallest absolute Gasteiger partial charge is 0.211 e. The number of rotatable bonds is 3. The van der Waals surface area contributed by atoms with Crippen LogP contribution >= 0.6 is 23.2 Å². The van der Waals surface area contributed by atoms with E-state index in [1.807, 2.05) is 30.3 Å².